The number of aliphatic hydroxyl groups is 1. The first-order valence-corrected chi connectivity index (χ1v) is 7.18. The van der Waals surface area contributed by atoms with Gasteiger partial charge in [-0.2, -0.15) is 0 Å². The average molecular weight is 281 g/mol. The lowest BCUT2D eigenvalue weighted by molar-refractivity contribution is 0.0598. The van der Waals surface area contributed by atoms with E-state index in [0.29, 0.717) is 29.5 Å². The van der Waals surface area contributed by atoms with E-state index in [2.05, 4.69) is 5.32 Å². The molecule has 1 aliphatic carbocycles. The molecule has 0 aliphatic heterocycles. The molecule has 2 atom stereocenters. The van der Waals surface area contributed by atoms with Gasteiger partial charge in [0.25, 0.3) is 0 Å². The van der Waals surface area contributed by atoms with Crippen molar-refractivity contribution in [1.82, 2.24) is 5.32 Å². The Kier molecular flexibility index (Phi) is 5.20. The van der Waals surface area contributed by atoms with E-state index < -0.39 is 0 Å². The molecule has 0 spiro atoms. The highest BCUT2D eigenvalue weighted by Gasteiger charge is 2.22. The van der Waals surface area contributed by atoms with E-state index in [1.165, 1.54) is 13.5 Å². The van der Waals surface area contributed by atoms with Crippen LogP contribution in [0.3, 0.4) is 0 Å². The van der Waals surface area contributed by atoms with Crippen molar-refractivity contribution in [3.05, 3.63) is 23.2 Å². The highest BCUT2D eigenvalue weighted by atomic mass is 16.5. The topological polar surface area (TPSA) is 71.7 Å². The van der Waals surface area contributed by atoms with Gasteiger partial charge in [0.15, 0.2) is 0 Å². The van der Waals surface area contributed by atoms with Crippen LogP contribution in [0, 0.1) is 12.8 Å². The summed E-state index contributed by atoms with van der Waals surface area (Å²) >= 11 is 0. The number of carbonyl (C=O) groups excluding carboxylic acids is 1. The number of aliphatic hydroxyl groups excluding tert-OH is 1. The van der Waals surface area contributed by atoms with Crippen LogP contribution in [0.15, 0.2) is 10.5 Å². The molecule has 0 amide bonds. The summed E-state index contributed by atoms with van der Waals surface area (Å²) in [6, 6.07) is 1.71. The third-order valence-corrected chi connectivity index (χ3v) is 3.95. The molecule has 0 radical (unpaired) electrons. The molecular weight excluding hydrogens is 258 g/mol. The first kappa shape index (κ1) is 15.1. The zero-order valence-electron chi connectivity index (χ0n) is 12.1. The highest BCUT2D eigenvalue weighted by Crippen LogP contribution is 2.23. The van der Waals surface area contributed by atoms with E-state index in [-0.39, 0.29) is 12.1 Å². The van der Waals surface area contributed by atoms with Crippen molar-refractivity contribution in [2.45, 2.75) is 45.3 Å². The molecular formula is C15H23NO4. The minimum absolute atomic E-state index is 0.194. The summed E-state index contributed by atoms with van der Waals surface area (Å²) in [5.74, 6) is 1.24. The number of ether oxygens (including phenoxy) is 1. The lowest BCUT2D eigenvalue weighted by Gasteiger charge is -2.27. The Morgan fingerprint density at radius 3 is 2.95 bits per heavy atom. The van der Waals surface area contributed by atoms with Crippen molar-refractivity contribution >= 4 is 5.97 Å². The number of nitrogens with one attached hydrogen (secondary N) is 1. The minimum atomic E-state index is -0.375. The molecule has 5 heteroatoms. The van der Waals surface area contributed by atoms with E-state index in [1.807, 2.05) is 0 Å². The molecule has 20 heavy (non-hydrogen) atoms. The van der Waals surface area contributed by atoms with Gasteiger partial charge >= 0.3 is 5.97 Å². The molecule has 0 aromatic carbocycles. The number of rotatable bonds is 5. The molecule has 1 heterocycles. The second-order valence-corrected chi connectivity index (χ2v) is 5.42. The summed E-state index contributed by atoms with van der Waals surface area (Å²) in [5.41, 5.74) is 0.474. The zero-order valence-corrected chi connectivity index (χ0v) is 12.1. The van der Waals surface area contributed by atoms with Crippen LogP contribution in [0.1, 0.15) is 47.6 Å². The third kappa shape index (κ3) is 3.61. The van der Waals surface area contributed by atoms with Crippen molar-refractivity contribution in [2.75, 3.05) is 13.7 Å². The molecule has 1 saturated carbocycles. The number of aryl methyl sites for hydroxylation is 1. The van der Waals surface area contributed by atoms with Crippen molar-refractivity contribution in [1.29, 1.82) is 0 Å². The summed E-state index contributed by atoms with van der Waals surface area (Å²) < 4.78 is 10.2. The van der Waals surface area contributed by atoms with E-state index in [1.54, 1.807) is 13.0 Å². The van der Waals surface area contributed by atoms with Crippen molar-refractivity contribution in [3.8, 4) is 0 Å². The molecule has 1 aromatic heterocycles. The number of methoxy groups -OCH3 is 1. The lowest BCUT2D eigenvalue weighted by atomic mass is 9.86. The van der Waals surface area contributed by atoms with Gasteiger partial charge in [-0.3, -0.25) is 0 Å². The maximum absolute atomic E-state index is 11.5. The van der Waals surface area contributed by atoms with Gasteiger partial charge in [0.1, 0.15) is 17.1 Å². The normalized spacial score (nSPS) is 22.8. The van der Waals surface area contributed by atoms with E-state index in [0.717, 1.165) is 25.8 Å². The quantitative estimate of drug-likeness (QED) is 0.808. The first-order chi connectivity index (χ1) is 9.61. The molecule has 112 valence electrons. The van der Waals surface area contributed by atoms with Gasteiger partial charge < -0.3 is 19.6 Å². The Hall–Kier alpha value is -1.33. The lowest BCUT2D eigenvalue weighted by Crippen LogP contribution is -2.33. The largest absolute Gasteiger partial charge is 0.465 e. The van der Waals surface area contributed by atoms with Crippen LogP contribution < -0.4 is 5.32 Å². The number of hydrogen-bond donors (Lipinski definition) is 2. The smallest absolute Gasteiger partial charge is 0.341 e. The fraction of sp³-hybridized carbons (Fsp3) is 0.667. The monoisotopic (exact) mass is 281 g/mol. The number of hydrogen-bond acceptors (Lipinski definition) is 5. The molecule has 1 fully saturated rings. The maximum atomic E-state index is 11.5. The van der Waals surface area contributed by atoms with Gasteiger partial charge in [0, 0.05) is 6.54 Å². The molecule has 2 N–H and O–H groups in total. The Balaban J connectivity index is 1.83. The second-order valence-electron chi connectivity index (χ2n) is 5.42. The fourth-order valence-corrected chi connectivity index (χ4v) is 2.75. The number of furan rings is 1. The molecule has 2 unspecified atom stereocenters. The van der Waals surface area contributed by atoms with Gasteiger partial charge in [-0.25, -0.2) is 4.79 Å². The van der Waals surface area contributed by atoms with Gasteiger partial charge in [0.05, 0.1) is 19.8 Å². The molecule has 0 bridgehead atoms. The predicted octanol–water partition coefficient (Wildman–Crippen LogP) is 2.02. The minimum Gasteiger partial charge on any atom is -0.465 e. The van der Waals surface area contributed by atoms with Crippen LogP contribution in [0.5, 0.6) is 0 Å². The van der Waals surface area contributed by atoms with Gasteiger partial charge in [-0.15, -0.1) is 0 Å². The Bertz CT molecular complexity index is 455. The molecule has 2 rings (SSSR count). The molecule has 5 nitrogen and oxygen atoms in total. The van der Waals surface area contributed by atoms with Crippen molar-refractivity contribution in [3.63, 3.8) is 0 Å². The van der Waals surface area contributed by atoms with Crippen LogP contribution in [-0.4, -0.2) is 30.8 Å². The number of carbonyl (C=O) groups is 1. The summed E-state index contributed by atoms with van der Waals surface area (Å²) in [5, 5.41) is 13.2. The maximum Gasteiger partial charge on any atom is 0.341 e. The van der Waals surface area contributed by atoms with Crippen molar-refractivity contribution in [2.24, 2.45) is 5.92 Å². The fourth-order valence-electron chi connectivity index (χ4n) is 2.75. The molecule has 0 saturated heterocycles. The summed E-state index contributed by atoms with van der Waals surface area (Å²) in [4.78, 5) is 11.5. The van der Waals surface area contributed by atoms with E-state index in [4.69, 9.17) is 9.15 Å². The molecule has 1 aliphatic rings. The molecule has 1 aromatic rings. The summed E-state index contributed by atoms with van der Waals surface area (Å²) in [7, 11) is 1.36. The van der Waals surface area contributed by atoms with Gasteiger partial charge in [-0.05, 0) is 31.7 Å². The SMILES string of the molecule is COC(=O)c1cc(CNCC2CCCCC2O)oc1C. The Labute approximate surface area is 119 Å². The average Bonchev–Trinajstić information content (AvgIpc) is 2.81. The highest BCUT2D eigenvalue weighted by molar-refractivity contribution is 5.90. The van der Waals surface area contributed by atoms with E-state index in [9.17, 15) is 9.90 Å². The van der Waals surface area contributed by atoms with Gasteiger partial charge in [0.2, 0.25) is 0 Å². The predicted molar refractivity (Wildman–Crippen MR) is 74.5 cm³/mol. The Morgan fingerprint density at radius 2 is 2.25 bits per heavy atom. The van der Waals surface area contributed by atoms with Crippen LogP contribution >= 0.6 is 0 Å². The zero-order chi connectivity index (χ0) is 14.5. The second kappa shape index (κ2) is 6.90. The van der Waals surface area contributed by atoms with Crippen molar-refractivity contribution < 1.29 is 19.1 Å². The van der Waals surface area contributed by atoms with Crippen LogP contribution in [-0.2, 0) is 11.3 Å². The van der Waals surface area contributed by atoms with E-state index >= 15 is 0 Å². The summed E-state index contributed by atoms with van der Waals surface area (Å²) in [6.45, 7) is 3.08. The van der Waals surface area contributed by atoms with Crippen LogP contribution in [0.2, 0.25) is 0 Å². The summed E-state index contributed by atoms with van der Waals surface area (Å²) in [6.07, 6.45) is 4.09. The third-order valence-electron chi connectivity index (χ3n) is 3.95. The Morgan fingerprint density at radius 1 is 1.50 bits per heavy atom. The van der Waals surface area contributed by atoms with Gasteiger partial charge in [-0.1, -0.05) is 12.8 Å². The van der Waals surface area contributed by atoms with Crippen LogP contribution in [0.25, 0.3) is 0 Å². The standard InChI is InChI=1S/C15H23NO4/c1-10-13(15(18)19-2)7-12(20-10)9-16-8-11-5-3-4-6-14(11)17/h7,11,14,16-17H,3-6,8-9H2,1-2H3. The number of esters is 1. The van der Waals surface area contributed by atoms with Crippen LogP contribution in [0.4, 0.5) is 0 Å². The first-order valence-electron chi connectivity index (χ1n) is 7.18.